The Balaban J connectivity index is 2.41. The van der Waals surface area contributed by atoms with Crippen LogP contribution in [0, 0.1) is 5.92 Å². The van der Waals surface area contributed by atoms with Gasteiger partial charge in [0.1, 0.15) is 0 Å². The molecule has 0 bridgehead atoms. The van der Waals surface area contributed by atoms with Crippen molar-refractivity contribution in [3.63, 3.8) is 0 Å². The van der Waals surface area contributed by atoms with E-state index in [0.717, 1.165) is 24.5 Å². The molecule has 0 saturated carbocycles. The number of hydrogen-bond donors (Lipinski definition) is 1. The Morgan fingerprint density at radius 2 is 2.12 bits per heavy atom. The lowest BCUT2D eigenvalue weighted by Gasteiger charge is -2.16. The van der Waals surface area contributed by atoms with Gasteiger partial charge in [-0.1, -0.05) is 23.7 Å². The first-order valence-corrected chi connectivity index (χ1v) is 6.55. The molecule has 2 N–H and O–H groups in total. The Hall–Kier alpha value is -0.570. The second kappa shape index (κ2) is 7.70. The Labute approximate surface area is 109 Å². The molecule has 0 aliphatic heterocycles. The summed E-state index contributed by atoms with van der Waals surface area (Å²) >= 11 is 5.96. The Kier molecular flexibility index (Phi) is 6.56. The fourth-order valence-electron chi connectivity index (χ4n) is 1.77. The van der Waals surface area contributed by atoms with E-state index in [1.807, 2.05) is 18.2 Å². The van der Waals surface area contributed by atoms with Gasteiger partial charge in [0, 0.05) is 11.6 Å². The molecule has 0 aromatic heterocycles. The van der Waals surface area contributed by atoms with Gasteiger partial charge >= 0.3 is 0 Å². The van der Waals surface area contributed by atoms with E-state index in [0.29, 0.717) is 18.6 Å². The molecular weight excluding hydrogens is 234 g/mol. The number of hydrogen-bond acceptors (Lipinski definition) is 2. The van der Waals surface area contributed by atoms with Crippen LogP contribution in [0.5, 0.6) is 0 Å². The number of ether oxygens (including phenoxy) is 1. The smallest absolute Gasteiger partial charge is 0.0518 e. The van der Waals surface area contributed by atoms with Gasteiger partial charge in [-0.05, 0) is 56.8 Å². The van der Waals surface area contributed by atoms with Gasteiger partial charge in [-0.25, -0.2) is 0 Å². The predicted octanol–water partition coefficient (Wildman–Crippen LogP) is 3.27. The fraction of sp³-hybridized carbons (Fsp3) is 0.571. The van der Waals surface area contributed by atoms with Crippen LogP contribution in [0.3, 0.4) is 0 Å². The number of benzene rings is 1. The largest absolute Gasteiger partial charge is 0.379 e. The zero-order valence-corrected chi connectivity index (χ0v) is 11.4. The molecule has 1 unspecified atom stereocenters. The first-order chi connectivity index (χ1) is 8.11. The molecule has 2 nitrogen and oxygen atoms in total. The second-order valence-electron chi connectivity index (χ2n) is 4.64. The van der Waals surface area contributed by atoms with Crippen molar-refractivity contribution in [2.75, 3.05) is 13.2 Å². The predicted molar refractivity (Wildman–Crippen MR) is 73.4 cm³/mol. The van der Waals surface area contributed by atoms with Crippen molar-refractivity contribution >= 4 is 11.6 Å². The minimum atomic E-state index is 0.291. The highest BCUT2D eigenvalue weighted by molar-refractivity contribution is 6.30. The molecule has 1 aromatic rings. The molecule has 96 valence electrons. The van der Waals surface area contributed by atoms with Gasteiger partial charge in [0.2, 0.25) is 0 Å². The van der Waals surface area contributed by atoms with E-state index in [-0.39, 0.29) is 0 Å². The third-order valence-corrected chi connectivity index (χ3v) is 2.96. The maximum Gasteiger partial charge on any atom is 0.0518 e. The molecule has 0 amide bonds. The van der Waals surface area contributed by atoms with Crippen LogP contribution in [0.2, 0.25) is 5.02 Å². The highest BCUT2D eigenvalue weighted by Gasteiger charge is 2.08. The van der Waals surface area contributed by atoms with Crippen LogP contribution in [-0.4, -0.2) is 19.3 Å². The van der Waals surface area contributed by atoms with Crippen molar-refractivity contribution < 1.29 is 4.74 Å². The summed E-state index contributed by atoms with van der Waals surface area (Å²) in [5, 5.41) is 0.789. The SMILES string of the molecule is CC(C)OCCC(CN)Cc1cccc(Cl)c1. The highest BCUT2D eigenvalue weighted by atomic mass is 35.5. The molecule has 0 aliphatic rings. The molecule has 3 heteroatoms. The van der Waals surface area contributed by atoms with Gasteiger partial charge < -0.3 is 10.5 Å². The average molecular weight is 256 g/mol. The summed E-state index contributed by atoms with van der Waals surface area (Å²) in [6, 6.07) is 7.98. The number of halogens is 1. The van der Waals surface area contributed by atoms with E-state index >= 15 is 0 Å². The molecular formula is C14H22ClNO. The minimum Gasteiger partial charge on any atom is -0.379 e. The summed E-state index contributed by atoms with van der Waals surface area (Å²) in [6.07, 6.45) is 2.26. The van der Waals surface area contributed by atoms with Crippen LogP contribution in [0.25, 0.3) is 0 Å². The van der Waals surface area contributed by atoms with E-state index in [1.54, 1.807) is 0 Å². The molecule has 0 radical (unpaired) electrons. The van der Waals surface area contributed by atoms with E-state index in [2.05, 4.69) is 19.9 Å². The third-order valence-electron chi connectivity index (χ3n) is 2.72. The molecule has 1 atom stereocenters. The maximum absolute atomic E-state index is 5.96. The number of rotatable bonds is 7. The molecule has 0 spiro atoms. The van der Waals surface area contributed by atoms with Crippen LogP contribution >= 0.6 is 11.6 Å². The van der Waals surface area contributed by atoms with Gasteiger partial charge in [-0.15, -0.1) is 0 Å². The fourth-order valence-corrected chi connectivity index (χ4v) is 1.98. The molecule has 0 fully saturated rings. The van der Waals surface area contributed by atoms with Crippen molar-refractivity contribution in [3.05, 3.63) is 34.9 Å². The Morgan fingerprint density at radius 3 is 2.71 bits per heavy atom. The highest BCUT2D eigenvalue weighted by Crippen LogP contribution is 2.16. The molecule has 1 rings (SSSR count). The van der Waals surface area contributed by atoms with Crippen LogP contribution in [0.15, 0.2) is 24.3 Å². The quantitative estimate of drug-likeness (QED) is 0.812. The van der Waals surface area contributed by atoms with Crippen LogP contribution in [0.4, 0.5) is 0 Å². The van der Waals surface area contributed by atoms with Gasteiger partial charge in [0.05, 0.1) is 6.10 Å². The first kappa shape index (κ1) is 14.5. The third kappa shape index (κ3) is 6.06. The van der Waals surface area contributed by atoms with Crippen LogP contribution < -0.4 is 5.73 Å². The summed E-state index contributed by atoms with van der Waals surface area (Å²) in [6.45, 7) is 5.57. The molecule has 0 heterocycles. The number of nitrogens with two attached hydrogens (primary N) is 1. The lowest BCUT2D eigenvalue weighted by atomic mass is 9.97. The van der Waals surface area contributed by atoms with Crippen molar-refractivity contribution in [3.8, 4) is 0 Å². The minimum absolute atomic E-state index is 0.291. The lowest BCUT2D eigenvalue weighted by Crippen LogP contribution is -2.19. The maximum atomic E-state index is 5.96. The molecule has 0 saturated heterocycles. The van der Waals surface area contributed by atoms with Crippen molar-refractivity contribution in [2.45, 2.75) is 32.8 Å². The van der Waals surface area contributed by atoms with Gasteiger partial charge in [-0.2, -0.15) is 0 Å². The zero-order chi connectivity index (χ0) is 12.7. The molecule has 17 heavy (non-hydrogen) atoms. The van der Waals surface area contributed by atoms with Crippen molar-refractivity contribution in [2.24, 2.45) is 11.7 Å². The molecule has 0 aliphatic carbocycles. The summed E-state index contributed by atoms with van der Waals surface area (Å²) in [5.41, 5.74) is 7.03. The normalized spacial score (nSPS) is 13.0. The van der Waals surface area contributed by atoms with E-state index in [9.17, 15) is 0 Å². The van der Waals surface area contributed by atoms with E-state index in [1.165, 1.54) is 5.56 Å². The van der Waals surface area contributed by atoms with E-state index in [4.69, 9.17) is 22.1 Å². The summed E-state index contributed by atoms with van der Waals surface area (Å²) in [4.78, 5) is 0. The van der Waals surface area contributed by atoms with Gasteiger partial charge in [0.25, 0.3) is 0 Å². The zero-order valence-electron chi connectivity index (χ0n) is 10.7. The Morgan fingerprint density at radius 1 is 1.35 bits per heavy atom. The first-order valence-electron chi connectivity index (χ1n) is 6.18. The molecule has 1 aromatic carbocycles. The standard InChI is InChI=1S/C14H22ClNO/c1-11(2)17-7-6-13(10-16)8-12-4-3-5-14(15)9-12/h3-5,9,11,13H,6-8,10,16H2,1-2H3. The summed E-state index contributed by atoms with van der Waals surface area (Å²) in [5.74, 6) is 0.465. The van der Waals surface area contributed by atoms with Crippen LogP contribution in [0.1, 0.15) is 25.8 Å². The van der Waals surface area contributed by atoms with Gasteiger partial charge in [0.15, 0.2) is 0 Å². The lowest BCUT2D eigenvalue weighted by molar-refractivity contribution is 0.0690. The second-order valence-corrected chi connectivity index (χ2v) is 5.08. The summed E-state index contributed by atoms with van der Waals surface area (Å²) < 4.78 is 5.55. The van der Waals surface area contributed by atoms with Crippen LogP contribution in [-0.2, 0) is 11.2 Å². The average Bonchev–Trinajstić information content (AvgIpc) is 2.27. The summed E-state index contributed by atoms with van der Waals surface area (Å²) in [7, 11) is 0. The van der Waals surface area contributed by atoms with Crippen molar-refractivity contribution in [1.82, 2.24) is 0 Å². The van der Waals surface area contributed by atoms with E-state index < -0.39 is 0 Å². The Bertz CT molecular complexity index is 328. The van der Waals surface area contributed by atoms with Gasteiger partial charge in [-0.3, -0.25) is 0 Å². The van der Waals surface area contributed by atoms with Crippen molar-refractivity contribution in [1.29, 1.82) is 0 Å². The topological polar surface area (TPSA) is 35.2 Å². The monoisotopic (exact) mass is 255 g/mol.